The van der Waals surface area contributed by atoms with Gasteiger partial charge in [0.1, 0.15) is 17.5 Å². The highest BCUT2D eigenvalue weighted by Gasteiger charge is 2.21. The lowest BCUT2D eigenvalue weighted by Gasteiger charge is -2.16. The summed E-state index contributed by atoms with van der Waals surface area (Å²) in [7, 11) is 1.74. The van der Waals surface area contributed by atoms with Crippen molar-refractivity contribution in [1.29, 1.82) is 0 Å². The van der Waals surface area contributed by atoms with Gasteiger partial charge in [0.05, 0.1) is 0 Å². The van der Waals surface area contributed by atoms with Gasteiger partial charge in [0, 0.05) is 18.3 Å². The average Bonchev–Trinajstić information content (AvgIpc) is 3.04. The van der Waals surface area contributed by atoms with E-state index in [9.17, 15) is 4.79 Å². The Kier molecular flexibility index (Phi) is 3.51. The smallest absolute Gasteiger partial charge is 0.263 e. The Bertz CT molecular complexity index is 736. The lowest BCUT2D eigenvalue weighted by Crippen LogP contribution is -2.26. The number of nitrogens with zero attached hydrogens (tertiary/aromatic N) is 2. The first-order chi connectivity index (χ1) is 10.3. The number of rotatable bonds is 3. The second-order valence-corrected chi connectivity index (χ2v) is 4.64. The summed E-state index contributed by atoms with van der Waals surface area (Å²) in [6, 6.07) is 19.0. The zero-order valence-electron chi connectivity index (χ0n) is 11.6. The molecule has 1 aromatic heterocycles. The molecular formula is C17H14N2O2. The van der Waals surface area contributed by atoms with Crippen LogP contribution in [0.15, 0.2) is 71.4 Å². The van der Waals surface area contributed by atoms with E-state index in [1.54, 1.807) is 11.9 Å². The number of hydrogen-bond acceptors (Lipinski definition) is 3. The second kappa shape index (κ2) is 5.63. The SMILES string of the molecule is CN(C(=O)c1conc1-c1ccccc1)c1ccccc1. The molecule has 0 bridgehead atoms. The van der Waals surface area contributed by atoms with E-state index in [-0.39, 0.29) is 5.91 Å². The Hall–Kier alpha value is -2.88. The Morgan fingerprint density at radius 1 is 1.00 bits per heavy atom. The summed E-state index contributed by atoms with van der Waals surface area (Å²) in [6.07, 6.45) is 1.39. The van der Waals surface area contributed by atoms with Crippen LogP contribution < -0.4 is 4.90 Å². The van der Waals surface area contributed by atoms with Gasteiger partial charge in [-0.3, -0.25) is 4.79 Å². The molecule has 0 fully saturated rings. The minimum Gasteiger partial charge on any atom is -0.363 e. The van der Waals surface area contributed by atoms with Crippen LogP contribution in [0.5, 0.6) is 0 Å². The van der Waals surface area contributed by atoms with Gasteiger partial charge in [-0.15, -0.1) is 0 Å². The highest BCUT2D eigenvalue weighted by molar-refractivity contribution is 6.09. The molecule has 1 heterocycles. The number of carbonyl (C=O) groups excluding carboxylic acids is 1. The molecule has 0 aliphatic rings. The summed E-state index contributed by atoms with van der Waals surface area (Å²) >= 11 is 0. The molecule has 3 aromatic rings. The molecule has 3 rings (SSSR count). The summed E-state index contributed by atoms with van der Waals surface area (Å²) in [5, 5.41) is 3.96. The van der Waals surface area contributed by atoms with Crippen LogP contribution >= 0.6 is 0 Å². The van der Waals surface area contributed by atoms with E-state index in [0.717, 1.165) is 11.3 Å². The van der Waals surface area contributed by atoms with Crippen molar-refractivity contribution in [1.82, 2.24) is 5.16 Å². The predicted octanol–water partition coefficient (Wildman–Crippen LogP) is 3.62. The maximum atomic E-state index is 12.6. The Morgan fingerprint density at radius 2 is 1.62 bits per heavy atom. The fourth-order valence-corrected chi connectivity index (χ4v) is 2.14. The summed E-state index contributed by atoms with van der Waals surface area (Å²) in [5.74, 6) is -0.152. The average molecular weight is 278 g/mol. The topological polar surface area (TPSA) is 46.3 Å². The van der Waals surface area contributed by atoms with Crippen LogP contribution in [-0.2, 0) is 0 Å². The van der Waals surface area contributed by atoms with Crippen LogP contribution in [-0.4, -0.2) is 18.1 Å². The molecule has 0 radical (unpaired) electrons. The van der Waals surface area contributed by atoms with Crippen LogP contribution in [0.2, 0.25) is 0 Å². The van der Waals surface area contributed by atoms with Crippen molar-refractivity contribution >= 4 is 11.6 Å². The molecule has 0 saturated carbocycles. The van der Waals surface area contributed by atoms with Crippen LogP contribution in [0.25, 0.3) is 11.3 Å². The van der Waals surface area contributed by atoms with Gasteiger partial charge in [0.2, 0.25) is 0 Å². The Labute approximate surface area is 122 Å². The molecule has 104 valence electrons. The van der Waals surface area contributed by atoms with Crippen molar-refractivity contribution < 1.29 is 9.32 Å². The molecular weight excluding hydrogens is 264 g/mol. The van der Waals surface area contributed by atoms with Gasteiger partial charge in [-0.25, -0.2) is 0 Å². The van der Waals surface area contributed by atoms with E-state index in [0.29, 0.717) is 11.3 Å². The Balaban J connectivity index is 1.95. The molecule has 0 aliphatic carbocycles. The fraction of sp³-hybridized carbons (Fsp3) is 0.0588. The number of hydrogen-bond donors (Lipinski definition) is 0. The van der Waals surface area contributed by atoms with Gasteiger partial charge in [0.25, 0.3) is 5.91 Å². The zero-order chi connectivity index (χ0) is 14.7. The van der Waals surface area contributed by atoms with Crippen LogP contribution in [0.3, 0.4) is 0 Å². The Morgan fingerprint density at radius 3 is 2.29 bits per heavy atom. The van der Waals surface area contributed by atoms with Crippen LogP contribution in [0.1, 0.15) is 10.4 Å². The molecule has 0 N–H and O–H groups in total. The highest BCUT2D eigenvalue weighted by atomic mass is 16.5. The molecule has 2 aromatic carbocycles. The van der Waals surface area contributed by atoms with Crippen molar-refractivity contribution in [2.75, 3.05) is 11.9 Å². The van der Waals surface area contributed by atoms with Gasteiger partial charge in [0.15, 0.2) is 0 Å². The summed E-state index contributed by atoms with van der Waals surface area (Å²) in [6.45, 7) is 0. The number of para-hydroxylation sites is 1. The molecule has 0 aliphatic heterocycles. The first-order valence-corrected chi connectivity index (χ1v) is 6.60. The molecule has 21 heavy (non-hydrogen) atoms. The highest BCUT2D eigenvalue weighted by Crippen LogP contribution is 2.24. The number of benzene rings is 2. The van der Waals surface area contributed by atoms with Crippen LogP contribution in [0, 0.1) is 0 Å². The van der Waals surface area contributed by atoms with E-state index in [4.69, 9.17) is 4.52 Å². The first kappa shape index (κ1) is 13.1. The van der Waals surface area contributed by atoms with E-state index < -0.39 is 0 Å². The maximum absolute atomic E-state index is 12.6. The molecule has 1 amide bonds. The molecule has 4 nitrogen and oxygen atoms in total. The monoisotopic (exact) mass is 278 g/mol. The van der Waals surface area contributed by atoms with E-state index >= 15 is 0 Å². The maximum Gasteiger partial charge on any atom is 0.263 e. The van der Waals surface area contributed by atoms with E-state index in [2.05, 4.69) is 5.16 Å². The van der Waals surface area contributed by atoms with Gasteiger partial charge >= 0.3 is 0 Å². The van der Waals surface area contributed by atoms with Crippen molar-refractivity contribution in [2.45, 2.75) is 0 Å². The number of aromatic nitrogens is 1. The van der Waals surface area contributed by atoms with E-state index in [1.165, 1.54) is 6.26 Å². The summed E-state index contributed by atoms with van der Waals surface area (Å²) < 4.78 is 5.01. The molecule has 0 unspecified atom stereocenters. The first-order valence-electron chi connectivity index (χ1n) is 6.60. The number of anilines is 1. The summed E-state index contributed by atoms with van der Waals surface area (Å²) in [5.41, 5.74) is 2.69. The number of carbonyl (C=O) groups is 1. The van der Waals surface area contributed by atoms with Gasteiger partial charge in [-0.05, 0) is 12.1 Å². The minimum atomic E-state index is -0.152. The second-order valence-electron chi connectivity index (χ2n) is 4.64. The quantitative estimate of drug-likeness (QED) is 0.735. The molecule has 0 saturated heterocycles. The van der Waals surface area contributed by atoms with Gasteiger partial charge in [-0.1, -0.05) is 53.7 Å². The summed E-state index contributed by atoms with van der Waals surface area (Å²) in [4.78, 5) is 14.2. The van der Waals surface area contributed by atoms with Crippen molar-refractivity contribution in [3.05, 3.63) is 72.5 Å². The molecule has 4 heteroatoms. The third kappa shape index (κ3) is 2.56. The van der Waals surface area contributed by atoms with Crippen molar-refractivity contribution in [2.24, 2.45) is 0 Å². The third-order valence-corrected chi connectivity index (χ3v) is 3.30. The standard InChI is InChI=1S/C17H14N2O2/c1-19(14-10-6-3-7-11-14)17(20)15-12-21-18-16(15)13-8-4-2-5-9-13/h2-12H,1H3. The molecule has 0 atom stereocenters. The normalized spacial score (nSPS) is 10.3. The van der Waals surface area contributed by atoms with E-state index in [1.807, 2.05) is 60.7 Å². The lowest BCUT2D eigenvalue weighted by atomic mass is 10.1. The fourth-order valence-electron chi connectivity index (χ4n) is 2.14. The van der Waals surface area contributed by atoms with Crippen molar-refractivity contribution in [3.8, 4) is 11.3 Å². The minimum absolute atomic E-state index is 0.152. The number of amides is 1. The zero-order valence-corrected chi connectivity index (χ0v) is 11.6. The lowest BCUT2D eigenvalue weighted by molar-refractivity contribution is 0.0993. The van der Waals surface area contributed by atoms with Crippen molar-refractivity contribution in [3.63, 3.8) is 0 Å². The van der Waals surface area contributed by atoms with Gasteiger partial charge in [-0.2, -0.15) is 0 Å². The van der Waals surface area contributed by atoms with Gasteiger partial charge < -0.3 is 9.42 Å². The third-order valence-electron chi connectivity index (χ3n) is 3.30. The van der Waals surface area contributed by atoms with Crippen LogP contribution in [0.4, 0.5) is 5.69 Å². The largest absolute Gasteiger partial charge is 0.363 e. The molecule has 0 spiro atoms. The predicted molar refractivity (Wildman–Crippen MR) is 81.1 cm³/mol.